The van der Waals surface area contributed by atoms with Crippen molar-refractivity contribution in [2.45, 2.75) is 68.7 Å². The number of nitrogens with two attached hydrogens (primary N) is 1. The van der Waals surface area contributed by atoms with E-state index in [1.54, 1.807) is 16.7 Å². The maximum atomic E-state index is 6.76. The van der Waals surface area contributed by atoms with Crippen LogP contribution in [0.15, 0.2) is 18.2 Å². The fraction of sp³-hybridized carbons (Fsp3) is 0.684. The largest absolute Gasteiger partial charge is 0.325 e. The number of aryl methyl sites for hydroxylation is 2. The standard InChI is InChI=1S/C19H25N/c20-19-10-13-6-14(11-19)9-18(8-13,12-19)17-5-4-15-2-1-3-16(15)7-17/h4-5,7,13-14H,1-3,6,8-12,20H2. The van der Waals surface area contributed by atoms with Crippen LogP contribution in [0.1, 0.15) is 61.6 Å². The summed E-state index contributed by atoms with van der Waals surface area (Å²) in [5, 5.41) is 0. The fourth-order valence-corrected chi connectivity index (χ4v) is 6.57. The Bertz CT molecular complexity index is 559. The van der Waals surface area contributed by atoms with Gasteiger partial charge in [-0.25, -0.2) is 0 Å². The van der Waals surface area contributed by atoms with Crippen LogP contribution in [0.5, 0.6) is 0 Å². The maximum absolute atomic E-state index is 6.76. The summed E-state index contributed by atoms with van der Waals surface area (Å²) in [6, 6.07) is 7.46. The smallest absolute Gasteiger partial charge is 0.0168 e. The van der Waals surface area contributed by atoms with E-state index in [-0.39, 0.29) is 5.54 Å². The summed E-state index contributed by atoms with van der Waals surface area (Å²) in [5.74, 6) is 1.82. The molecule has 4 fully saturated rings. The lowest BCUT2D eigenvalue weighted by molar-refractivity contribution is -0.0227. The summed E-state index contributed by atoms with van der Waals surface area (Å²) in [6.07, 6.45) is 12.1. The number of hydrogen-bond donors (Lipinski definition) is 1. The third-order valence-electron chi connectivity index (χ3n) is 6.82. The molecule has 4 bridgehead atoms. The molecule has 0 aromatic heterocycles. The van der Waals surface area contributed by atoms with Crippen molar-refractivity contribution in [2.24, 2.45) is 17.6 Å². The number of rotatable bonds is 1. The van der Waals surface area contributed by atoms with Crippen molar-refractivity contribution in [3.63, 3.8) is 0 Å². The minimum Gasteiger partial charge on any atom is -0.325 e. The van der Waals surface area contributed by atoms with Crippen LogP contribution in [0.3, 0.4) is 0 Å². The van der Waals surface area contributed by atoms with E-state index in [2.05, 4.69) is 18.2 Å². The van der Waals surface area contributed by atoms with Gasteiger partial charge in [0.1, 0.15) is 0 Å². The average molecular weight is 267 g/mol. The fourth-order valence-electron chi connectivity index (χ4n) is 6.57. The van der Waals surface area contributed by atoms with Crippen molar-refractivity contribution in [2.75, 3.05) is 0 Å². The molecule has 0 heterocycles. The third kappa shape index (κ3) is 1.53. The highest BCUT2D eigenvalue weighted by Crippen LogP contribution is 2.61. The summed E-state index contributed by atoms with van der Waals surface area (Å²) in [6.45, 7) is 0. The molecule has 5 aliphatic carbocycles. The predicted octanol–water partition coefficient (Wildman–Crippen LogP) is 3.72. The second-order valence-corrected chi connectivity index (χ2v) is 8.44. The highest BCUT2D eigenvalue weighted by molar-refractivity contribution is 5.40. The van der Waals surface area contributed by atoms with Crippen LogP contribution in [0.25, 0.3) is 0 Å². The lowest BCUT2D eigenvalue weighted by atomic mass is 9.45. The maximum Gasteiger partial charge on any atom is 0.0168 e. The van der Waals surface area contributed by atoms with Gasteiger partial charge >= 0.3 is 0 Å². The molecule has 0 saturated heterocycles. The van der Waals surface area contributed by atoms with E-state index in [1.165, 1.54) is 57.8 Å². The zero-order valence-electron chi connectivity index (χ0n) is 12.3. The van der Waals surface area contributed by atoms with Crippen LogP contribution in [0.4, 0.5) is 0 Å². The molecule has 1 heteroatoms. The first-order chi connectivity index (χ1) is 9.64. The Morgan fingerprint density at radius 1 is 0.950 bits per heavy atom. The van der Waals surface area contributed by atoms with Gasteiger partial charge in [0.2, 0.25) is 0 Å². The molecule has 0 radical (unpaired) electrons. The second kappa shape index (κ2) is 3.68. The van der Waals surface area contributed by atoms with Gasteiger partial charge in [0, 0.05) is 5.54 Å². The number of fused-ring (bicyclic) bond motifs is 1. The second-order valence-electron chi connectivity index (χ2n) is 8.44. The van der Waals surface area contributed by atoms with E-state index < -0.39 is 0 Å². The zero-order valence-corrected chi connectivity index (χ0v) is 12.3. The predicted molar refractivity (Wildman–Crippen MR) is 81.7 cm³/mol. The van der Waals surface area contributed by atoms with E-state index in [9.17, 15) is 0 Å². The van der Waals surface area contributed by atoms with Crippen molar-refractivity contribution in [3.8, 4) is 0 Å². The quantitative estimate of drug-likeness (QED) is 0.824. The molecular weight excluding hydrogens is 242 g/mol. The van der Waals surface area contributed by atoms with Gasteiger partial charge in [0.05, 0.1) is 0 Å². The molecule has 2 N–H and O–H groups in total. The minimum absolute atomic E-state index is 0.170. The topological polar surface area (TPSA) is 26.0 Å². The van der Waals surface area contributed by atoms with Gasteiger partial charge in [-0.3, -0.25) is 0 Å². The van der Waals surface area contributed by atoms with Crippen LogP contribution in [0.2, 0.25) is 0 Å². The van der Waals surface area contributed by atoms with Crippen LogP contribution < -0.4 is 5.73 Å². The molecule has 1 aromatic carbocycles. The summed E-state index contributed by atoms with van der Waals surface area (Å²) >= 11 is 0. The van der Waals surface area contributed by atoms with Crippen LogP contribution in [-0.2, 0) is 18.3 Å². The van der Waals surface area contributed by atoms with E-state index in [1.807, 2.05) is 0 Å². The van der Waals surface area contributed by atoms with Gasteiger partial charge in [0.15, 0.2) is 0 Å². The molecule has 0 spiro atoms. The first kappa shape index (κ1) is 11.8. The molecule has 6 rings (SSSR count). The molecule has 0 amide bonds. The van der Waals surface area contributed by atoms with Crippen LogP contribution in [-0.4, -0.2) is 5.54 Å². The lowest BCUT2D eigenvalue weighted by Gasteiger charge is -2.61. The summed E-state index contributed by atoms with van der Waals surface area (Å²) in [7, 11) is 0. The van der Waals surface area contributed by atoms with Gasteiger partial charge in [-0.05, 0) is 91.7 Å². The van der Waals surface area contributed by atoms with Crippen molar-refractivity contribution in [1.29, 1.82) is 0 Å². The normalized spacial score (nSPS) is 44.9. The SMILES string of the molecule is NC12CC3CC(C1)CC(c1ccc4c(c1)CCC4)(C3)C2. The van der Waals surface area contributed by atoms with Gasteiger partial charge in [-0.1, -0.05) is 18.2 Å². The Hall–Kier alpha value is -0.820. The van der Waals surface area contributed by atoms with Gasteiger partial charge in [-0.15, -0.1) is 0 Å². The van der Waals surface area contributed by atoms with Crippen molar-refractivity contribution in [1.82, 2.24) is 0 Å². The van der Waals surface area contributed by atoms with Gasteiger partial charge in [-0.2, -0.15) is 0 Å². The van der Waals surface area contributed by atoms with E-state index in [0.717, 1.165) is 11.8 Å². The molecule has 2 atom stereocenters. The molecule has 1 aromatic rings. The average Bonchev–Trinajstić information content (AvgIpc) is 2.82. The summed E-state index contributed by atoms with van der Waals surface area (Å²) in [4.78, 5) is 0. The van der Waals surface area contributed by atoms with Crippen LogP contribution in [0, 0.1) is 11.8 Å². The first-order valence-electron chi connectivity index (χ1n) is 8.55. The molecule has 2 unspecified atom stereocenters. The molecule has 0 aliphatic heterocycles. The Balaban J connectivity index is 1.60. The van der Waals surface area contributed by atoms with Crippen molar-refractivity contribution < 1.29 is 0 Å². The molecule has 106 valence electrons. The van der Waals surface area contributed by atoms with E-state index in [4.69, 9.17) is 5.73 Å². The van der Waals surface area contributed by atoms with Gasteiger partial charge in [0.25, 0.3) is 0 Å². The van der Waals surface area contributed by atoms with Crippen LogP contribution >= 0.6 is 0 Å². The number of hydrogen-bond acceptors (Lipinski definition) is 1. The van der Waals surface area contributed by atoms with E-state index in [0.29, 0.717) is 5.41 Å². The lowest BCUT2D eigenvalue weighted by Crippen LogP contribution is -2.61. The first-order valence-corrected chi connectivity index (χ1v) is 8.55. The Morgan fingerprint density at radius 3 is 2.45 bits per heavy atom. The summed E-state index contributed by atoms with van der Waals surface area (Å²) < 4.78 is 0. The minimum atomic E-state index is 0.170. The monoisotopic (exact) mass is 267 g/mol. The molecule has 4 saturated carbocycles. The Labute approximate surface area is 121 Å². The molecular formula is C19H25N. The molecule has 20 heavy (non-hydrogen) atoms. The highest BCUT2D eigenvalue weighted by Gasteiger charge is 2.56. The van der Waals surface area contributed by atoms with Gasteiger partial charge < -0.3 is 5.73 Å². The zero-order chi connectivity index (χ0) is 13.4. The van der Waals surface area contributed by atoms with Crippen molar-refractivity contribution >= 4 is 0 Å². The highest BCUT2D eigenvalue weighted by atomic mass is 14.8. The Kier molecular flexibility index (Phi) is 2.17. The van der Waals surface area contributed by atoms with E-state index >= 15 is 0 Å². The number of benzene rings is 1. The Morgan fingerprint density at radius 2 is 1.70 bits per heavy atom. The molecule has 1 nitrogen and oxygen atoms in total. The molecule has 5 aliphatic rings. The van der Waals surface area contributed by atoms with Crippen molar-refractivity contribution in [3.05, 3.63) is 34.9 Å². The third-order valence-corrected chi connectivity index (χ3v) is 6.82. The summed E-state index contributed by atoms with van der Waals surface area (Å²) in [5.41, 5.74) is 12.3.